The minimum absolute atomic E-state index is 0.0334. The predicted molar refractivity (Wildman–Crippen MR) is 174 cm³/mol. The first-order valence-electron chi connectivity index (χ1n) is 15.8. The molecule has 4 aromatic rings. The van der Waals surface area contributed by atoms with Gasteiger partial charge in [-0.15, -0.1) is 0 Å². The van der Waals surface area contributed by atoms with Gasteiger partial charge in [-0.05, 0) is 93.9 Å². The number of piperidine rings is 1. The number of rotatable bonds is 7. The molecule has 1 amide bonds. The molecule has 6 rings (SSSR count). The number of carbonyl (C=O) groups excluding carboxylic acids is 1. The fraction of sp³-hybridized carbons (Fsp3) is 0.457. The molecule has 1 unspecified atom stereocenters. The molecule has 1 N–H and O–H groups in total. The van der Waals surface area contributed by atoms with Crippen LogP contribution in [0.5, 0.6) is 0 Å². The van der Waals surface area contributed by atoms with Gasteiger partial charge in [0.25, 0.3) is 0 Å². The molecular formula is C35H44N6O3. The highest BCUT2D eigenvalue weighted by atomic mass is 16.6. The molecule has 2 saturated heterocycles. The highest BCUT2D eigenvalue weighted by Crippen LogP contribution is 2.32. The quantitative estimate of drug-likeness (QED) is 0.253. The van der Waals surface area contributed by atoms with E-state index in [1.165, 1.54) is 11.1 Å². The Bertz CT molecular complexity index is 1600. The van der Waals surface area contributed by atoms with E-state index in [1.54, 1.807) is 4.68 Å². The molecule has 0 bridgehead atoms. The topological polar surface area (TPSA) is 86.4 Å². The summed E-state index contributed by atoms with van der Waals surface area (Å²) in [6.45, 7) is 8.73. The number of amides is 1. The Morgan fingerprint density at radius 2 is 1.82 bits per heavy atom. The minimum Gasteiger partial charge on any atom is -0.444 e. The Morgan fingerprint density at radius 1 is 1.05 bits per heavy atom. The van der Waals surface area contributed by atoms with Crippen molar-refractivity contribution in [3.05, 3.63) is 71.7 Å². The van der Waals surface area contributed by atoms with Crippen molar-refractivity contribution in [2.24, 2.45) is 7.05 Å². The first-order chi connectivity index (χ1) is 21.2. The second kappa shape index (κ2) is 13.0. The van der Waals surface area contributed by atoms with E-state index in [0.717, 1.165) is 86.1 Å². The van der Waals surface area contributed by atoms with Crippen LogP contribution in [0.3, 0.4) is 0 Å². The lowest BCUT2D eigenvalue weighted by Gasteiger charge is -2.33. The summed E-state index contributed by atoms with van der Waals surface area (Å²) in [4.78, 5) is 14.2. The van der Waals surface area contributed by atoms with E-state index in [-0.39, 0.29) is 12.3 Å². The first kappa shape index (κ1) is 30.1. The monoisotopic (exact) mass is 596 g/mol. The third kappa shape index (κ3) is 7.22. The second-order valence-corrected chi connectivity index (χ2v) is 13.0. The zero-order chi connectivity index (χ0) is 30.7. The van der Waals surface area contributed by atoms with E-state index in [9.17, 15) is 4.79 Å². The Balaban J connectivity index is 1.13. The van der Waals surface area contributed by atoms with E-state index in [2.05, 4.69) is 69.7 Å². The zero-order valence-electron chi connectivity index (χ0n) is 26.3. The molecule has 2 aliphatic heterocycles. The summed E-state index contributed by atoms with van der Waals surface area (Å²) in [6, 6.07) is 15.8. The van der Waals surface area contributed by atoms with Gasteiger partial charge in [-0.2, -0.15) is 10.2 Å². The number of nitrogens with one attached hydrogen (secondary N) is 1. The summed E-state index contributed by atoms with van der Waals surface area (Å²) in [5.41, 5.74) is 6.17. The number of nitrogens with zero attached hydrogens (tertiary/aromatic N) is 5. The van der Waals surface area contributed by atoms with Crippen LogP contribution in [0.25, 0.3) is 34.2 Å². The van der Waals surface area contributed by atoms with Crippen molar-refractivity contribution in [2.75, 3.05) is 19.7 Å². The molecule has 0 aliphatic carbocycles. The van der Waals surface area contributed by atoms with Crippen LogP contribution in [0.2, 0.25) is 0 Å². The van der Waals surface area contributed by atoms with Gasteiger partial charge in [0.15, 0.2) is 6.23 Å². The van der Waals surface area contributed by atoms with Crippen LogP contribution < -0.4 is 5.32 Å². The van der Waals surface area contributed by atoms with E-state index >= 15 is 0 Å². The predicted octanol–water partition coefficient (Wildman–Crippen LogP) is 6.80. The van der Waals surface area contributed by atoms with Crippen molar-refractivity contribution in [3.8, 4) is 11.1 Å². The normalized spacial score (nSPS) is 18.4. The minimum atomic E-state index is -0.463. The van der Waals surface area contributed by atoms with E-state index in [1.807, 2.05) is 45.1 Å². The van der Waals surface area contributed by atoms with Crippen LogP contribution >= 0.6 is 0 Å². The lowest BCUT2D eigenvalue weighted by atomic mass is 10.0. The molecule has 44 heavy (non-hydrogen) atoms. The smallest absolute Gasteiger partial charge is 0.410 e. The fourth-order valence-corrected chi connectivity index (χ4v) is 5.97. The van der Waals surface area contributed by atoms with Gasteiger partial charge in [-0.1, -0.05) is 30.3 Å². The summed E-state index contributed by atoms with van der Waals surface area (Å²) in [7, 11) is 1.92. The third-order valence-corrected chi connectivity index (χ3v) is 8.35. The molecule has 2 aromatic heterocycles. The molecule has 2 aliphatic rings. The molecule has 4 heterocycles. The summed E-state index contributed by atoms with van der Waals surface area (Å²) in [5, 5.41) is 14.1. The molecule has 232 valence electrons. The van der Waals surface area contributed by atoms with Gasteiger partial charge in [-0.25, -0.2) is 9.48 Å². The van der Waals surface area contributed by atoms with E-state index in [0.29, 0.717) is 6.04 Å². The number of carbonyl (C=O) groups is 1. The van der Waals surface area contributed by atoms with Crippen LogP contribution in [0, 0.1) is 0 Å². The van der Waals surface area contributed by atoms with Crippen molar-refractivity contribution in [2.45, 2.75) is 77.3 Å². The standard InChI is InChI=1S/C35H44N6O3/c1-35(2,3)44-34(42)40-18-16-29(17-19-40)36-22-25-8-11-27(12-9-25)28-13-15-32-30(21-28)31(14-10-26-23-37-39(4)24-26)38-41(32)33-7-5-6-20-43-33/h8-15,21,23-24,29,33,36H,5-7,16-20,22H2,1-4H3/b14-10+. The van der Waals surface area contributed by atoms with Gasteiger partial charge >= 0.3 is 6.09 Å². The molecule has 0 spiro atoms. The van der Waals surface area contributed by atoms with Crippen molar-refractivity contribution in [3.63, 3.8) is 0 Å². The van der Waals surface area contributed by atoms with Crippen molar-refractivity contribution in [1.82, 2.24) is 29.8 Å². The molecule has 2 aromatic carbocycles. The molecule has 0 radical (unpaired) electrons. The summed E-state index contributed by atoms with van der Waals surface area (Å²) < 4.78 is 15.5. The summed E-state index contributed by atoms with van der Waals surface area (Å²) in [5.74, 6) is 0. The van der Waals surface area contributed by atoms with Gasteiger partial charge in [0.1, 0.15) is 5.60 Å². The number of aromatic nitrogens is 4. The van der Waals surface area contributed by atoms with Gasteiger partial charge in [0.2, 0.25) is 0 Å². The lowest BCUT2D eigenvalue weighted by Crippen LogP contribution is -2.46. The maximum atomic E-state index is 12.4. The lowest BCUT2D eigenvalue weighted by molar-refractivity contribution is -0.0367. The molecule has 0 saturated carbocycles. The van der Waals surface area contributed by atoms with E-state index in [4.69, 9.17) is 14.6 Å². The highest BCUT2D eigenvalue weighted by molar-refractivity contribution is 5.93. The van der Waals surface area contributed by atoms with Gasteiger partial charge in [0, 0.05) is 56.5 Å². The number of hydrogen-bond donors (Lipinski definition) is 1. The van der Waals surface area contributed by atoms with Crippen molar-refractivity contribution < 1.29 is 14.3 Å². The maximum Gasteiger partial charge on any atom is 0.410 e. The number of ether oxygens (including phenoxy) is 2. The number of fused-ring (bicyclic) bond motifs is 1. The van der Waals surface area contributed by atoms with Crippen molar-refractivity contribution in [1.29, 1.82) is 0 Å². The molecule has 9 heteroatoms. The van der Waals surface area contributed by atoms with Gasteiger partial charge in [0.05, 0.1) is 17.4 Å². The maximum absolute atomic E-state index is 12.4. The number of benzene rings is 2. The van der Waals surface area contributed by atoms with Gasteiger partial charge < -0.3 is 19.7 Å². The highest BCUT2D eigenvalue weighted by Gasteiger charge is 2.26. The van der Waals surface area contributed by atoms with Gasteiger partial charge in [-0.3, -0.25) is 4.68 Å². The Hall–Kier alpha value is -3.95. The van der Waals surface area contributed by atoms with Crippen molar-refractivity contribution >= 4 is 29.1 Å². The molecular weight excluding hydrogens is 552 g/mol. The third-order valence-electron chi connectivity index (χ3n) is 8.35. The SMILES string of the molecule is Cn1cc(/C=C/c2nn(C3CCCCO3)c3ccc(-c4ccc(CNC5CCN(C(=O)OC(C)(C)C)CC5)cc4)cc23)cn1. The van der Waals surface area contributed by atoms with Crippen LogP contribution in [0.1, 0.15) is 75.9 Å². The van der Waals surface area contributed by atoms with E-state index < -0.39 is 5.60 Å². The molecule has 9 nitrogen and oxygen atoms in total. The average molecular weight is 597 g/mol. The number of aryl methyl sites for hydroxylation is 1. The summed E-state index contributed by atoms with van der Waals surface area (Å²) >= 11 is 0. The zero-order valence-corrected chi connectivity index (χ0v) is 26.3. The Kier molecular flexibility index (Phi) is 8.86. The first-order valence-corrected chi connectivity index (χ1v) is 15.8. The molecule has 2 fully saturated rings. The second-order valence-electron chi connectivity index (χ2n) is 13.0. The molecule has 1 atom stereocenters. The summed E-state index contributed by atoms with van der Waals surface area (Å²) in [6.07, 6.45) is 12.8. The number of likely N-dealkylation sites (tertiary alicyclic amines) is 1. The Labute approximate surface area is 259 Å². The largest absolute Gasteiger partial charge is 0.444 e. The van der Waals surface area contributed by atoms with Crippen LogP contribution in [0.4, 0.5) is 4.79 Å². The van der Waals surface area contributed by atoms with Crippen LogP contribution in [-0.4, -0.2) is 61.9 Å². The fourth-order valence-electron chi connectivity index (χ4n) is 5.97. The average Bonchev–Trinajstić information content (AvgIpc) is 3.61. The van der Waals surface area contributed by atoms with Crippen LogP contribution in [-0.2, 0) is 23.1 Å². The van der Waals surface area contributed by atoms with Crippen LogP contribution in [0.15, 0.2) is 54.9 Å². The number of hydrogen-bond acceptors (Lipinski definition) is 6. The Morgan fingerprint density at radius 3 is 2.50 bits per heavy atom.